The van der Waals surface area contributed by atoms with Crippen LogP contribution < -0.4 is 15.5 Å². The smallest absolute Gasteiger partial charge is 0.416 e. The third kappa shape index (κ3) is 9.55. The molecular weight excluding hydrogens is 659 g/mol. The number of amides is 3. The summed E-state index contributed by atoms with van der Waals surface area (Å²) in [6, 6.07) is 25.8. The first-order chi connectivity index (χ1) is 24.4. The molecule has 51 heavy (non-hydrogen) atoms. The molecule has 1 fully saturated rings. The molecule has 0 spiro atoms. The SMILES string of the molecule is CCC(NC(=O)N(Cc1ccc(C(=O)NC[C@@H](O)C(=O)O)cc1)c1ccc(C2CCCCC2)cc1)c1ccccc1-c1cccc(C(F)(F)F)c1. The van der Waals surface area contributed by atoms with E-state index in [0.717, 1.165) is 25.0 Å². The highest BCUT2D eigenvalue weighted by Gasteiger charge is 2.31. The van der Waals surface area contributed by atoms with Crippen LogP contribution in [0.15, 0.2) is 97.1 Å². The Balaban J connectivity index is 1.41. The Labute approximate surface area is 295 Å². The van der Waals surface area contributed by atoms with Gasteiger partial charge in [-0.1, -0.05) is 86.8 Å². The molecule has 1 saturated carbocycles. The molecule has 1 aliphatic rings. The molecule has 0 bridgehead atoms. The van der Waals surface area contributed by atoms with Crippen molar-refractivity contribution in [3.63, 3.8) is 0 Å². The van der Waals surface area contributed by atoms with Gasteiger partial charge in [-0.2, -0.15) is 13.2 Å². The third-order valence-electron chi connectivity index (χ3n) is 9.37. The normalized spacial score (nSPS) is 14.7. The van der Waals surface area contributed by atoms with Crippen molar-refractivity contribution in [3.8, 4) is 11.1 Å². The van der Waals surface area contributed by atoms with Crippen molar-refractivity contribution in [2.24, 2.45) is 0 Å². The van der Waals surface area contributed by atoms with Gasteiger partial charge in [-0.05, 0) is 89.4 Å². The number of rotatable bonds is 12. The van der Waals surface area contributed by atoms with Gasteiger partial charge in [0.25, 0.3) is 5.91 Å². The highest BCUT2D eigenvalue weighted by Crippen LogP contribution is 2.36. The van der Waals surface area contributed by atoms with Crippen LogP contribution in [0.25, 0.3) is 11.1 Å². The maximum absolute atomic E-state index is 14.2. The van der Waals surface area contributed by atoms with Crippen LogP contribution in [0.1, 0.15) is 90.0 Å². The van der Waals surface area contributed by atoms with Gasteiger partial charge >= 0.3 is 18.2 Å². The van der Waals surface area contributed by atoms with Crippen LogP contribution in [-0.2, 0) is 17.5 Å². The third-order valence-corrected chi connectivity index (χ3v) is 9.37. The summed E-state index contributed by atoms with van der Waals surface area (Å²) in [4.78, 5) is 39.2. The molecule has 0 saturated heterocycles. The van der Waals surface area contributed by atoms with E-state index in [1.54, 1.807) is 53.4 Å². The first kappa shape index (κ1) is 37.1. The molecule has 2 atom stereocenters. The van der Waals surface area contributed by atoms with Crippen LogP contribution in [0.5, 0.6) is 0 Å². The Hall–Kier alpha value is -5.16. The average molecular weight is 702 g/mol. The summed E-state index contributed by atoms with van der Waals surface area (Å²) in [6.07, 6.45) is 0.115. The number of anilines is 1. The summed E-state index contributed by atoms with van der Waals surface area (Å²) in [6.45, 7) is 1.59. The number of hydrogen-bond donors (Lipinski definition) is 4. The topological polar surface area (TPSA) is 119 Å². The number of carboxylic acids is 1. The number of benzene rings is 4. The van der Waals surface area contributed by atoms with Crippen LogP contribution in [0, 0.1) is 0 Å². The van der Waals surface area contributed by atoms with E-state index in [1.807, 2.05) is 25.1 Å². The molecule has 8 nitrogen and oxygen atoms in total. The molecule has 0 heterocycles. The van der Waals surface area contributed by atoms with E-state index in [0.29, 0.717) is 40.3 Å². The number of nitrogens with one attached hydrogen (secondary N) is 2. The van der Waals surface area contributed by atoms with Crippen molar-refractivity contribution in [1.82, 2.24) is 10.6 Å². The highest BCUT2D eigenvalue weighted by atomic mass is 19.4. The first-order valence-electron chi connectivity index (χ1n) is 17.2. The zero-order valence-corrected chi connectivity index (χ0v) is 28.3. The lowest BCUT2D eigenvalue weighted by Crippen LogP contribution is -2.41. The second-order valence-electron chi connectivity index (χ2n) is 12.8. The van der Waals surface area contributed by atoms with Gasteiger partial charge in [0.2, 0.25) is 0 Å². The van der Waals surface area contributed by atoms with Gasteiger partial charge in [0, 0.05) is 11.3 Å². The van der Waals surface area contributed by atoms with Gasteiger partial charge in [0.1, 0.15) is 0 Å². The number of aliphatic carboxylic acids is 1. The van der Waals surface area contributed by atoms with Gasteiger partial charge in [-0.3, -0.25) is 9.69 Å². The number of urea groups is 1. The van der Waals surface area contributed by atoms with E-state index < -0.39 is 48.3 Å². The molecule has 11 heteroatoms. The second kappa shape index (κ2) is 16.7. The number of hydrogen-bond acceptors (Lipinski definition) is 4. The predicted molar refractivity (Wildman–Crippen MR) is 189 cm³/mol. The number of aliphatic hydroxyl groups is 1. The van der Waals surface area contributed by atoms with E-state index in [4.69, 9.17) is 5.11 Å². The maximum Gasteiger partial charge on any atom is 0.416 e. The fourth-order valence-electron chi connectivity index (χ4n) is 6.52. The number of carboxylic acid groups (broad SMARTS) is 1. The minimum Gasteiger partial charge on any atom is -0.479 e. The van der Waals surface area contributed by atoms with Crippen molar-refractivity contribution in [1.29, 1.82) is 0 Å². The summed E-state index contributed by atoms with van der Waals surface area (Å²) < 4.78 is 40.7. The minimum atomic E-state index is -4.50. The van der Waals surface area contributed by atoms with Crippen molar-refractivity contribution in [2.75, 3.05) is 11.4 Å². The van der Waals surface area contributed by atoms with Crippen LogP contribution in [0.3, 0.4) is 0 Å². The molecule has 5 rings (SSSR count). The van der Waals surface area contributed by atoms with Crippen LogP contribution in [0.4, 0.5) is 23.7 Å². The molecule has 268 valence electrons. The van der Waals surface area contributed by atoms with Crippen molar-refractivity contribution < 1.29 is 37.8 Å². The summed E-state index contributed by atoms with van der Waals surface area (Å²) in [5, 5.41) is 23.9. The van der Waals surface area contributed by atoms with Gasteiger partial charge in [0.15, 0.2) is 6.10 Å². The minimum absolute atomic E-state index is 0.139. The van der Waals surface area contributed by atoms with Crippen LogP contribution in [0.2, 0.25) is 0 Å². The van der Waals surface area contributed by atoms with Crippen molar-refractivity contribution in [3.05, 3.63) is 125 Å². The number of nitrogens with zero attached hydrogens (tertiary/aromatic N) is 1. The average Bonchev–Trinajstić information content (AvgIpc) is 3.15. The Bertz CT molecular complexity index is 1810. The monoisotopic (exact) mass is 701 g/mol. The summed E-state index contributed by atoms with van der Waals surface area (Å²) >= 11 is 0. The molecule has 4 aromatic rings. The molecule has 0 radical (unpaired) electrons. The molecule has 4 aromatic carbocycles. The van der Waals surface area contributed by atoms with Gasteiger partial charge in [0.05, 0.1) is 24.7 Å². The predicted octanol–water partition coefficient (Wildman–Crippen LogP) is 8.46. The van der Waals surface area contributed by atoms with Crippen LogP contribution >= 0.6 is 0 Å². The molecule has 3 amide bonds. The number of aliphatic hydroxyl groups excluding tert-OH is 1. The quantitative estimate of drug-likeness (QED) is 0.118. The van der Waals surface area contributed by atoms with Gasteiger partial charge in [-0.25, -0.2) is 9.59 Å². The summed E-state index contributed by atoms with van der Waals surface area (Å²) in [5.41, 5.74) is 3.75. The lowest BCUT2D eigenvalue weighted by Gasteiger charge is -2.28. The molecule has 0 aromatic heterocycles. The number of carbonyl (C=O) groups is 3. The fourth-order valence-corrected chi connectivity index (χ4v) is 6.52. The van der Waals surface area contributed by atoms with E-state index in [1.165, 1.54) is 30.9 Å². The first-order valence-corrected chi connectivity index (χ1v) is 17.2. The van der Waals surface area contributed by atoms with Gasteiger partial charge in [-0.15, -0.1) is 0 Å². The molecule has 4 N–H and O–H groups in total. The zero-order chi connectivity index (χ0) is 36.5. The van der Waals surface area contributed by atoms with E-state index >= 15 is 0 Å². The second-order valence-corrected chi connectivity index (χ2v) is 12.8. The lowest BCUT2D eigenvalue weighted by molar-refractivity contribution is -0.146. The van der Waals surface area contributed by atoms with Crippen molar-refractivity contribution >= 4 is 23.6 Å². The zero-order valence-electron chi connectivity index (χ0n) is 28.3. The van der Waals surface area contributed by atoms with E-state index in [-0.39, 0.29) is 12.1 Å². The van der Waals surface area contributed by atoms with Crippen LogP contribution in [-0.4, -0.2) is 40.8 Å². The highest BCUT2D eigenvalue weighted by molar-refractivity contribution is 5.95. The number of alkyl halides is 3. The van der Waals surface area contributed by atoms with E-state index in [2.05, 4.69) is 22.8 Å². The summed E-state index contributed by atoms with van der Waals surface area (Å²) in [7, 11) is 0. The Morgan fingerprint density at radius 3 is 2.22 bits per heavy atom. The van der Waals surface area contributed by atoms with Gasteiger partial charge < -0.3 is 20.8 Å². The Morgan fingerprint density at radius 2 is 1.57 bits per heavy atom. The van der Waals surface area contributed by atoms with Crippen molar-refractivity contribution in [2.45, 2.75) is 76.2 Å². The van der Waals surface area contributed by atoms with E-state index in [9.17, 15) is 32.7 Å². The lowest BCUT2D eigenvalue weighted by atomic mass is 9.84. The molecule has 1 unspecified atom stereocenters. The molecular formula is C40H42F3N3O5. The fraction of sp³-hybridized carbons (Fsp3) is 0.325. The molecule has 0 aliphatic heterocycles. The maximum atomic E-state index is 14.2. The Kier molecular flexibility index (Phi) is 12.1. The number of halogens is 3. The Morgan fingerprint density at radius 1 is 0.882 bits per heavy atom. The molecule has 1 aliphatic carbocycles. The number of carbonyl (C=O) groups excluding carboxylic acids is 2. The largest absolute Gasteiger partial charge is 0.479 e. The summed E-state index contributed by atoms with van der Waals surface area (Å²) in [5.74, 6) is -1.53. The standard InChI is InChI=1S/C40H42F3N3O5/c1-2-35(34-14-7-6-13-33(34)30-11-8-12-31(23-30)40(41,42)43)45-39(51)46(32-21-19-28(20-22-32)27-9-4-3-5-10-27)25-26-15-17-29(18-16-26)37(48)44-24-36(47)38(49)50/h6-8,11-23,27,35-36,47H,2-5,9-10,24-25H2,1H3,(H,44,48)(H,45,51)(H,49,50)/t35?,36-/m1/s1.